The summed E-state index contributed by atoms with van der Waals surface area (Å²) in [4.78, 5) is 11.2. The maximum Gasteiger partial charge on any atom is 0.190 e. The molecule has 2 unspecified atom stereocenters. The van der Waals surface area contributed by atoms with Gasteiger partial charge < -0.3 is 9.64 Å². The summed E-state index contributed by atoms with van der Waals surface area (Å²) in [7, 11) is 0. The zero-order valence-corrected chi connectivity index (χ0v) is 12.6. The molecule has 3 rings (SSSR count). The largest absolute Gasteiger partial charge is 0.374 e. The van der Waals surface area contributed by atoms with E-state index in [9.17, 15) is 0 Å². The molecule has 1 aromatic heterocycles. The van der Waals surface area contributed by atoms with Crippen LogP contribution in [0.15, 0.2) is 11.2 Å². The highest BCUT2D eigenvalue weighted by atomic mass is 35.5. The van der Waals surface area contributed by atoms with Crippen LogP contribution in [0.25, 0.3) is 0 Å². The number of thioether (sulfide) groups is 1. The molecule has 0 aromatic carbocycles. The number of morpholine rings is 1. The number of halogens is 1. The molecule has 1 saturated heterocycles. The topological polar surface area (TPSA) is 38.2 Å². The quantitative estimate of drug-likeness (QED) is 0.477. The van der Waals surface area contributed by atoms with Gasteiger partial charge in [0.15, 0.2) is 5.16 Å². The first kappa shape index (κ1) is 13.5. The summed E-state index contributed by atoms with van der Waals surface area (Å²) in [5.41, 5.74) is 0. The van der Waals surface area contributed by atoms with Crippen LogP contribution in [0.4, 0.5) is 5.82 Å². The monoisotopic (exact) mass is 299 g/mol. The fourth-order valence-corrected chi connectivity index (χ4v) is 3.61. The minimum absolute atomic E-state index is 0.356. The minimum atomic E-state index is 0.356. The first-order valence-electron chi connectivity index (χ1n) is 6.75. The standard InChI is InChI=1S/C13H18ClN3OS/c1-19-13-15-11(14)8-12(16-13)17-6-7-18-10-5-3-2-4-9(10)17/h8-10H,2-7H2,1H3. The summed E-state index contributed by atoms with van der Waals surface area (Å²) in [5.74, 6) is 0.949. The molecule has 1 aliphatic heterocycles. The van der Waals surface area contributed by atoms with Crippen LogP contribution in [0.1, 0.15) is 25.7 Å². The van der Waals surface area contributed by atoms with Crippen LogP contribution in [-0.4, -0.2) is 41.5 Å². The molecule has 1 saturated carbocycles. The maximum absolute atomic E-state index is 6.10. The summed E-state index contributed by atoms with van der Waals surface area (Å²) < 4.78 is 5.90. The normalized spacial score (nSPS) is 27.2. The van der Waals surface area contributed by atoms with Crippen LogP contribution < -0.4 is 4.90 Å². The fourth-order valence-electron chi connectivity index (χ4n) is 3.00. The molecule has 19 heavy (non-hydrogen) atoms. The summed E-state index contributed by atoms with van der Waals surface area (Å²) in [6, 6.07) is 2.32. The highest BCUT2D eigenvalue weighted by molar-refractivity contribution is 7.98. The average Bonchev–Trinajstić information content (AvgIpc) is 2.46. The minimum Gasteiger partial charge on any atom is -0.374 e. The second-order valence-corrected chi connectivity index (χ2v) is 6.15. The zero-order valence-electron chi connectivity index (χ0n) is 11.0. The van der Waals surface area contributed by atoms with Gasteiger partial charge in [-0.25, -0.2) is 9.97 Å². The van der Waals surface area contributed by atoms with Gasteiger partial charge in [-0.1, -0.05) is 36.2 Å². The summed E-state index contributed by atoms with van der Waals surface area (Å²) in [5, 5.41) is 1.26. The molecule has 6 heteroatoms. The Morgan fingerprint density at radius 3 is 3.05 bits per heavy atom. The molecule has 2 aliphatic rings. The zero-order chi connectivity index (χ0) is 13.2. The third kappa shape index (κ3) is 2.83. The Balaban J connectivity index is 1.89. The summed E-state index contributed by atoms with van der Waals surface area (Å²) in [6.45, 7) is 1.67. The Labute approximate surface area is 122 Å². The van der Waals surface area contributed by atoms with Gasteiger partial charge in [-0.3, -0.25) is 0 Å². The number of hydrogen-bond acceptors (Lipinski definition) is 5. The number of aromatic nitrogens is 2. The predicted octanol–water partition coefficient (Wildman–Crippen LogP) is 3.00. The van der Waals surface area contributed by atoms with Gasteiger partial charge in [-0.05, 0) is 19.1 Å². The second-order valence-electron chi connectivity index (χ2n) is 4.99. The third-order valence-corrected chi connectivity index (χ3v) is 4.61. The van der Waals surface area contributed by atoms with Crippen molar-refractivity contribution in [1.82, 2.24) is 9.97 Å². The van der Waals surface area contributed by atoms with Crippen molar-refractivity contribution < 1.29 is 4.74 Å². The first-order valence-corrected chi connectivity index (χ1v) is 8.35. The second kappa shape index (κ2) is 5.85. The van der Waals surface area contributed by atoms with Crippen molar-refractivity contribution in [2.45, 2.75) is 43.0 Å². The van der Waals surface area contributed by atoms with E-state index in [1.165, 1.54) is 31.0 Å². The van der Waals surface area contributed by atoms with Crippen molar-refractivity contribution in [2.75, 3.05) is 24.3 Å². The van der Waals surface area contributed by atoms with Crippen LogP contribution in [-0.2, 0) is 4.74 Å². The average molecular weight is 300 g/mol. The Bertz CT molecular complexity index is 458. The first-order chi connectivity index (χ1) is 9.28. The number of ether oxygens (including phenoxy) is 1. The molecule has 0 bridgehead atoms. The molecule has 1 aromatic rings. The lowest BCUT2D eigenvalue weighted by Gasteiger charge is -2.44. The fraction of sp³-hybridized carbons (Fsp3) is 0.692. The number of hydrogen-bond donors (Lipinski definition) is 0. The highest BCUT2D eigenvalue weighted by Gasteiger charge is 2.35. The van der Waals surface area contributed by atoms with E-state index in [2.05, 4.69) is 14.9 Å². The van der Waals surface area contributed by atoms with Crippen molar-refractivity contribution in [3.05, 3.63) is 11.2 Å². The van der Waals surface area contributed by atoms with E-state index in [1.807, 2.05) is 12.3 Å². The van der Waals surface area contributed by atoms with Crippen molar-refractivity contribution in [3.63, 3.8) is 0 Å². The number of nitrogens with zero attached hydrogens (tertiary/aromatic N) is 3. The molecular weight excluding hydrogens is 282 g/mol. The van der Waals surface area contributed by atoms with E-state index < -0.39 is 0 Å². The number of fused-ring (bicyclic) bond motifs is 1. The molecule has 0 amide bonds. The van der Waals surface area contributed by atoms with Gasteiger partial charge in [0.05, 0.1) is 18.8 Å². The Hall–Kier alpha value is -0.520. The van der Waals surface area contributed by atoms with Crippen molar-refractivity contribution in [2.24, 2.45) is 0 Å². The van der Waals surface area contributed by atoms with Crippen LogP contribution >= 0.6 is 23.4 Å². The lowest BCUT2D eigenvalue weighted by molar-refractivity contribution is -0.00903. The van der Waals surface area contributed by atoms with E-state index in [-0.39, 0.29) is 0 Å². The van der Waals surface area contributed by atoms with Gasteiger partial charge in [-0.2, -0.15) is 0 Å². The molecule has 0 radical (unpaired) electrons. The molecular formula is C13H18ClN3OS. The summed E-state index contributed by atoms with van der Waals surface area (Å²) >= 11 is 7.63. The molecule has 2 heterocycles. The van der Waals surface area contributed by atoms with Crippen LogP contribution in [0.2, 0.25) is 5.15 Å². The maximum atomic E-state index is 6.10. The molecule has 0 spiro atoms. The SMILES string of the molecule is CSc1nc(Cl)cc(N2CCOC3CCCCC32)n1. The third-order valence-electron chi connectivity index (χ3n) is 3.87. The Kier molecular flexibility index (Phi) is 4.15. The molecule has 1 aliphatic carbocycles. The van der Waals surface area contributed by atoms with E-state index in [0.29, 0.717) is 17.3 Å². The van der Waals surface area contributed by atoms with Gasteiger partial charge in [0, 0.05) is 12.6 Å². The van der Waals surface area contributed by atoms with Gasteiger partial charge in [0.25, 0.3) is 0 Å². The molecule has 2 atom stereocenters. The lowest BCUT2D eigenvalue weighted by atomic mass is 9.90. The van der Waals surface area contributed by atoms with E-state index in [4.69, 9.17) is 16.3 Å². The van der Waals surface area contributed by atoms with Crippen LogP contribution in [0.5, 0.6) is 0 Å². The number of rotatable bonds is 2. The van der Waals surface area contributed by atoms with Crippen molar-refractivity contribution in [1.29, 1.82) is 0 Å². The number of anilines is 1. The van der Waals surface area contributed by atoms with Crippen molar-refractivity contribution in [3.8, 4) is 0 Å². The van der Waals surface area contributed by atoms with E-state index in [0.717, 1.165) is 30.5 Å². The summed E-state index contributed by atoms with van der Waals surface area (Å²) in [6.07, 6.45) is 7.22. The Morgan fingerprint density at radius 1 is 1.37 bits per heavy atom. The van der Waals surface area contributed by atoms with Gasteiger partial charge in [-0.15, -0.1) is 0 Å². The molecule has 4 nitrogen and oxygen atoms in total. The van der Waals surface area contributed by atoms with Gasteiger partial charge in [0.1, 0.15) is 11.0 Å². The van der Waals surface area contributed by atoms with Crippen molar-refractivity contribution >= 4 is 29.2 Å². The smallest absolute Gasteiger partial charge is 0.190 e. The van der Waals surface area contributed by atoms with E-state index in [1.54, 1.807) is 0 Å². The van der Waals surface area contributed by atoms with Crippen LogP contribution in [0.3, 0.4) is 0 Å². The lowest BCUT2D eigenvalue weighted by Crippen LogP contribution is -2.53. The Morgan fingerprint density at radius 2 is 2.21 bits per heavy atom. The highest BCUT2D eigenvalue weighted by Crippen LogP contribution is 2.32. The molecule has 104 valence electrons. The predicted molar refractivity (Wildman–Crippen MR) is 78.2 cm³/mol. The van der Waals surface area contributed by atoms with E-state index >= 15 is 0 Å². The molecule has 2 fully saturated rings. The van der Waals surface area contributed by atoms with Crippen LogP contribution in [0, 0.1) is 0 Å². The molecule has 0 N–H and O–H groups in total. The van der Waals surface area contributed by atoms with Gasteiger partial charge >= 0.3 is 0 Å². The van der Waals surface area contributed by atoms with Gasteiger partial charge in [0.2, 0.25) is 0 Å².